The van der Waals surface area contributed by atoms with Gasteiger partial charge in [-0.25, -0.2) is 9.78 Å². The van der Waals surface area contributed by atoms with Gasteiger partial charge in [0, 0.05) is 24.6 Å². The van der Waals surface area contributed by atoms with Crippen molar-refractivity contribution in [3.63, 3.8) is 0 Å². The fraction of sp³-hybridized carbons (Fsp3) is 0.160. The van der Waals surface area contributed by atoms with Crippen molar-refractivity contribution in [2.45, 2.75) is 6.42 Å². The highest BCUT2D eigenvalue weighted by Gasteiger charge is 2.18. The molecule has 30 heavy (non-hydrogen) atoms. The van der Waals surface area contributed by atoms with Gasteiger partial charge in [0.1, 0.15) is 0 Å². The molecule has 0 unspecified atom stereocenters. The summed E-state index contributed by atoms with van der Waals surface area (Å²) in [5, 5.41) is 1.04. The minimum Gasteiger partial charge on any atom is -0.452 e. The zero-order valence-electron chi connectivity index (χ0n) is 16.5. The molecule has 1 aliphatic heterocycles. The Morgan fingerprint density at radius 3 is 2.60 bits per heavy atom. The van der Waals surface area contributed by atoms with Crippen LogP contribution in [0.5, 0.6) is 0 Å². The second-order valence-corrected chi connectivity index (χ2v) is 7.06. The lowest BCUT2D eigenvalue weighted by Gasteiger charge is -2.26. The molecule has 2 aromatic carbocycles. The van der Waals surface area contributed by atoms with Gasteiger partial charge >= 0.3 is 5.97 Å². The maximum atomic E-state index is 12.3. The lowest BCUT2D eigenvalue weighted by molar-refractivity contribution is -0.147. The number of pyridine rings is 1. The minimum absolute atomic E-state index is 0.191. The number of hydrogen-bond acceptors (Lipinski definition) is 4. The van der Waals surface area contributed by atoms with Crippen LogP contribution in [0.15, 0.2) is 78.9 Å². The number of nitrogens with zero attached hydrogens (tertiary/aromatic N) is 2. The molecule has 0 radical (unpaired) electrons. The predicted octanol–water partition coefficient (Wildman–Crippen LogP) is 4.11. The van der Waals surface area contributed by atoms with Crippen LogP contribution < -0.4 is 0 Å². The molecule has 5 heteroatoms. The SMILES string of the molecule is O=C(/C=C/c1ccc2ccccc2n1)OCC(=O)N1CC=C(c2ccccc2)CC1. The number of aromatic nitrogens is 1. The fourth-order valence-corrected chi connectivity index (χ4v) is 3.41. The van der Waals surface area contributed by atoms with Crippen LogP contribution in [0.3, 0.4) is 0 Å². The molecule has 0 bridgehead atoms. The number of carbonyl (C=O) groups excluding carboxylic acids is 2. The van der Waals surface area contributed by atoms with Crippen LogP contribution in [0.1, 0.15) is 17.7 Å². The van der Waals surface area contributed by atoms with Crippen molar-refractivity contribution in [3.05, 3.63) is 90.1 Å². The number of hydrogen-bond donors (Lipinski definition) is 0. The van der Waals surface area contributed by atoms with E-state index in [-0.39, 0.29) is 12.5 Å². The van der Waals surface area contributed by atoms with Gasteiger partial charge in [-0.3, -0.25) is 4.79 Å². The van der Waals surface area contributed by atoms with Crippen LogP contribution in [0.2, 0.25) is 0 Å². The number of para-hydroxylation sites is 1. The second kappa shape index (κ2) is 9.18. The largest absolute Gasteiger partial charge is 0.452 e. The van der Waals surface area contributed by atoms with Crippen molar-refractivity contribution in [1.82, 2.24) is 9.88 Å². The molecule has 0 N–H and O–H groups in total. The van der Waals surface area contributed by atoms with Crippen LogP contribution in [0, 0.1) is 0 Å². The summed E-state index contributed by atoms with van der Waals surface area (Å²) in [4.78, 5) is 30.5. The molecule has 4 rings (SSSR count). The van der Waals surface area contributed by atoms with E-state index >= 15 is 0 Å². The first-order valence-corrected chi connectivity index (χ1v) is 9.92. The van der Waals surface area contributed by atoms with Crippen LogP contribution in [-0.4, -0.2) is 41.5 Å². The molecular weight excluding hydrogens is 376 g/mol. The summed E-state index contributed by atoms with van der Waals surface area (Å²) in [5.74, 6) is -0.750. The molecule has 0 fully saturated rings. The Kier molecular flexibility index (Phi) is 5.99. The van der Waals surface area contributed by atoms with Gasteiger partial charge in [0.05, 0.1) is 11.2 Å². The van der Waals surface area contributed by atoms with E-state index in [1.807, 2.05) is 54.6 Å². The van der Waals surface area contributed by atoms with Crippen molar-refractivity contribution >= 4 is 34.4 Å². The van der Waals surface area contributed by atoms with Crippen molar-refractivity contribution in [2.75, 3.05) is 19.7 Å². The zero-order chi connectivity index (χ0) is 20.8. The van der Waals surface area contributed by atoms with Gasteiger partial charge in [0.2, 0.25) is 0 Å². The first-order chi connectivity index (χ1) is 14.7. The topological polar surface area (TPSA) is 59.5 Å². The number of amides is 1. The van der Waals surface area contributed by atoms with Crippen LogP contribution >= 0.6 is 0 Å². The normalized spacial score (nSPS) is 14.0. The quantitative estimate of drug-likeness (QED) is 0.479. The van der Waals surface area contributed by atoms with Gasteiger partial charge in [0.15, 0.2) is 6.61 Å². The molecule has 0 atom stereocenters. The zero-order valence-corrected chi connectivity index (χ0v) is 16.5. The highest BCUT2D eigenvalue weighted by Crippen LogP contribution is 2.22. The van der Waals surface area contributed by atoms with Crippen LogP contribution in [-0.2, 0) is 14.3 Å². The summed E-state index contributed by atoms with van der Waals surface area (Å²) in [6.45, 7) is 0.883. The third kappa shape index (κ3) is 4.81. The van der Waals surface area contributed by atoms with Gasteiger partial charge in [-0.15, -0.1) is 0 Å². The highest BCUT2D eigenvalue weighted by molar-refractivity contribution is 5.90. The second-order valence-electron chi connectivity index (χ2n) is 7.06. The van der Waals surface area contributed by atoms with E-state index in [1.54, 1.807) is 11.0 Å². The van der Waals surface area contributed by atoms with Crippen LogP contribution in [0.25, 0.3) is 22.6 Å². The van der Waals surface area contributed by atoms with Crippen molar-refractivity contribution in [1.29, 1.82) is 0 Å². The number of benzene rings is 2. The maximum Gasteiger partial charge on any atom is 0.331 e. The molecular formula is C25H22N2O3. The average Bonchev–Trinajstić information content (AvgIpc) is 2.81. The van der Waals surface area contributed by atoms with Gasteiger partial charge in [0.25, 0.3) is 5.91 Å². The van der Waals surface area contributed by atoms with E-state index in [9.17, 15) is 9.59 Å². The Morgan fingerprint density at radius 2 is 1.80 bits per heavy atom. The van der Waals surface area contributed by atoms with E-state index < -0.39 is 5.97 Å². The first-order valence-electron chi connectivity index (χ1n) is 9.92. The monoisotopic (exact) mass is 398 g/mol. The Morgan fingerprint density at radius 1 is 1.00 bits per heavy atom. The van der Waals surface area contributed by atoms with Crippen molar-refractivity contribution < 1.29 is 14.3 Å². The summed E-state index contributed by atoms with van der Waals surface area (Å²) < 4.78 is 5.11. The Balaban J connectivity index is 1.28. The summed E-state index contributed by atoms with van der Waals surface area (Å²) in [5.41, 5.74) is 3.94. The third-order valence-electron chi connectivity index (χ3n) is 5.05. The summed E-state index contributed by atoms with van der Waals surface area (Å²) in [7, 11) is 0. The molecule has 1 aliphatic rings. The van der Waals surface area contributed by atoms with E-state index in [4.69, 9.17) is 4.74 Å². The summed E-state index contributed by atoms with van der Waals surface area (Å²) >= 11 is 0. The predicted molar refractivity (Wildman–Crippen MR) is 117 cm³/mol. The number of carbonyl (C=O) groups is 2. The molecule has 0 aliphatic carbocycles. The molecule has 0 spiro atoms. The van der Waals surface area contributed by atoms with Crippen molar-refractivity contribution in [2.24, 2.45) is 0 Å². The van der Waals surface area contributed by atoms with Crippen LogP contribution in [0.4, 0.5) is 0 Å². The Hall–Kier alpha value is -3.73. The number of ether oxygens (including phenoxy) is 1. The van der Waals surface area contributed by atoms with E-state index in [1.165, 1.54) is 17.2 Å². The average molecular weight is 398 g/mol. The molecule has 0 saturated carbocycles. The fourth-order valence-electron chi connectivity index (χ4n) is 3.41. The van der Waals surface area contributed by atoms with E-state index in [0.29, 0.717) is 18.8 Å². The smallest absolute Gasteiger partial charge is 0.331 e. The summed E-state index contributed by atoms with van der Waals surface area (Å²) in [6.07, 6.45) is 5.74. The molecule has 2 heterocycles. The van der Waals surface area contributed by atoms with E-state index in [0.717, 1.165) is 17.3 Å². The maximum absolute atomic E-state index is 12.3. The molecule has 5 nitrogen and oxygen atoms in total. The lowest BCUT2D eigenvalue weighted by atomic mass is 10.00. The van der Waals surface area contributed by atoms with Gasteiger partial charge in [-0.1, -0.05) is 60.7 Å². The molecule has 1 amide bonds. The first kappa shape index (κ1) is 19.6. The van der Waals surface area contributed by atoms with Gasteiger partial charge < -0.3 is 9.64 Å². The molecule has 150 valence electrons. The standard InChI is InChI=1S/C25H22N2O3/c28-24(27-16-14-20(15-17-27)19-6-2-1-3-7-19)18-30-25(29)13-12-22-11-10-21-8-4-5-9-23(21)26-22/h1-14H,15-18H2/b13-12+. The highest BCUT2D eigenvalue weighted by atomic mass is 16.5. The number of esters is 1. The molecule has 3 aromatic rings. The molecule has 1 aromatic heterocycles. The lowest BCUT2D eigenvalue weighted by Crippen LogP contribution is -2.37. The number of rotatable bonds is 5. The third-order valence-corrected chi connectivity index (χ3v) is 5.05. The Bertz CT molecular complexity index is 1120. The van der Waals surface area contributed by atoms with Gasteiger partial charge in [-0.2, -0.15) is 0 Å². The molecule has 0 saturated heterocycles. The summed E-state index contributed by atoms with van der Waals surface area (Å²) in [6, 6.07) is 21.7. The Labute approximate surface area is 175 Å². The number of fused-ring (bicyclic) bond motifs is 1. The van der Waals surface area contributed by atoms with E-state index in [2.05, 4.69) is 23.2 Å². The minimum atomic E-state index is -0.559. The van der Waals surface area contributed by atoms with Crippen molar-refractivity contribution in [3.8, 4) is 0 Å². The van der Waals surface area contributed by atoms with Gasteiger partial charge in [-0.05, 0) is 35.8 Å².